The fourth-order valence-corrected chi connectivity index (χ4v) is 7.91. The molecule has 0 fully saturated rings. The van der Waals surface area contributed by atoms with Crippen LogP contribution in [0.25, 0.3) is 22.5 Å². The van der Waals surface area contributed by atoms with Gasteiger partial charge in [-0.1, -0.05) is 102 Å². The van der Waals surface area contributed by atoms with Crippen molar-refractivity contribution < 1.29 is 14.3 Å². The molecule has 0 amide bonds. The number of carbonyl (C=O) groups excluding carboxylic acids is 1. The number of fused-ring (bicyclic) bond motifs is 2. The Labute approximate surface area is 300 Å². The van der Waals surface area contributed by atoms with Gasteiger partial charge in [0.1, 0.15) is 12.4 Å². The molecule has 1 aliphatic heterocycles. The van der Waals surface area contributed by atoms with Crippen LogP contribution in [0.1, 0.15) is 35.2 Å². The van der Waals surface area contributed by atoms with Gasteiger partial charge in [-0.2, -0.15) is 0 Å². The molecule has 6 nitrogen and oxygen atoms in total. The van der Waals surface area contributed by atoms with E-state index in [0.717, 1.165) is 37.0 Å². The van der Waals surface area contributed by atoms with Gasteiger partial charge in [0.05, 0.1) is 32.9 Å². The summed E-state index contributed by atoms with van der Waals surface area (Å²) in [5.74, 6) is 0.202. The van der Waals surface area contributed by atoms with E-state index in [9.17, 15) is 9.59 Å². The van der Waals surface area contributed by atoms with E-state index in [-0.39, 0.29) is 12.2 Å². The number of thioether (sulfide) groups is 1. The third-order valence-corrected chi connectivity index (χ3v) is 10.7. The lowest BCUT2D eigenvalue weighted by Crippen LogP contribution is -2.40. The third kappa shape index (κ3) is 6.66. The van der Waals surface area contributed by atoms with Crippen molar-refractivity contribution >= 4 is 67.5 Å². The van der Waals surface area contributed by atoms with Gasteiger partial charge < -0.3 is 9.47 Å². The summed E-state index contributed by atoms with van der Waals surface area (Å²) in [4.78, 5) is 34.5. The van der Waals surface area contributed by atoms with Crippen LogP contribution in [0.3, 0.4) is 0 Å². The molecule has 244 valence electrons. The van der Waals surface area contributed by atoms with Crippen LogP contribution in [-0.4, -0.2) is 23.4 Å². The number of ether oxygens (including phenoxy) is 2. The molecule has 0 saturated heterocycles. The molecule has 6 aromatic rings. The number of aromatic nitrogens is 1. The van der Waals surface area contributed by atoms with Crippen LogP contribution in [0, 0.1) is 0 Å². The minimum atomic E-state index is -0.722. The lowest BCUT2D eigenvalue weighted by molar-refractivity contribution is -0.138. The van der Waals surface area contributed by atoms with Crippen LogP contribution in [0.2, 0.25) is 0 Å². The van der Waals surface area contributed by atoms with Crippen LogP contribution < -0.4 is 19.6 Å². The minimum absolute atomic E-state index is 0.198. The van der Waals surface area contributed by atoms with E-state index < -0.39 is 12.0 Å². The van der Waals surface area contributed by atoms with Crippen molar-refractivity contribution in [2.45, 2.75) is 24.5 Å². The van der Waals surface area contributed by atoms with Crippen molar-refractivity contribution in [3.05, 3.63) is 167 Å². The molecule has 0 saturated carbocycles. The number of nitrogens with zero attached hydrogens (tertiary/aromatic N) is 2. The SMILES string of the molecule is CCOC(=O)C1=C(c2ccccc2)N=c2s/c(=C\c3ccc(OCc4cccc5ccccc45)c(Br)c3)c(=O)n2[C@@H]1c1ccc(SC)cc1. The molecule has 7 rings (SSSR count). The second-order valence-corrected chi connectivity index (χ2v) is 14.1. The van der Waals surface area contributed by atoms with Gasteiger partial charge in [0.25, 0.3) is 5.56 Å². The van der Waals surface area contributed by atoms with Gasteiger partial charge in [-0.15, -0.1) is 11.8 Å². The standard InChI is InChI=1S/C40H31BrN2O4S2/c1-3-46-39(45)35-36(27-11-5-4-6-12-27)42-40-43(37(35)28-17-19-30(48-2)20-18-28)38(44)34(49-40)23-25-16-21-33(32(41)22-25)47-24-29-14-9-13-26-10-7-8-15-31(26)29/h4-23,37H,3,24H2,1-2H3/b34-23-/t37-/m1/s1. The monoisotopic (exact) mass is 746 g/mol. The molecule has 1 aromatic heterocycles. The molecule has 0 spiro atoms. The molecule has 2 heterocycles. The Kier molecular flexibility index (Phi) is 9.66. The summed E-state index contributed by atoms with van der Waals surface area (Å²) >= 11 is 6.61. The van der Waals surface area contributed by atoms with E-state index in [1.54, 1.807) is 23.3 Å². The first kappa shape index (κ1) is 32.8. The Morgan fingerprint density at radius 1 is 0.959 bits per heavy atom. The molecule has 9 heteroatoms. The van der Waals surface area contributed by atoms with Gasteiger partial charge in [-0.3, -0.25) is 9.36 Å². The highest BCUT2D eigenvalue weighted by Crippen LogP contribution is 2.36. The Morgan fingerprint density at radius 3 is 2.47 bits per heavy atom. The maximum Gasteiger partial charge on any atom is 0.338 e. The topological polar surface area (TPSA) is 69.9 Å². The van der Waals surface area contributed by atoms with Crippen molar-refractivity contribution in [1.29, 1.82) is 0 Å². The predicted octanol–water partition coefficient (Wildman–Crippen LogP) is 8.15. The summed E-state index contributed by atoms with van der Waals surface area (Å²) in [5.41, 5.74) is 4.10. The van der Waals surface area contributed by atoms with Crippen LogP contribution in [0.5, 0.6) is 5.75 Å². The number of thiazole rings is 1. The normalized spacial score (nSPS) is 14.4. The van der Waals surface area contributed by atoms with E-state index in [4.69, 9.17) is 14.5 Å². The molecule has 0 unspecified atom stereocenters. The first-order chi connectivity index (χ1) is 23.9. The third-order valence-electron chi connectivity index (χ3n) is 8.32. The van der Waals surface area contributed by atoms with E-state index in [2.05, 4.69) is 40.2 Å². The average molecular weight is 748 g/mol. The van der Waals surface area contributed by atoms with Crippen LogP contribution >= 0.6 is 39.0 Å². The molecule has 5 aromatic carbocycles. The van der Waals surface area contributed by atoms with Crippen LogP contribution in [-0.2, 0) is 16.1 Å². The Hall–Kier alpha value is -4.70. The highest BCUT2D eigenvalue weighted by Gasteiger charge is 2.35. The van der Waals surface area contributed by atoms with Crippen LogP contribution in [0.4, 0.5) is 0 Å². The number of hydrogen-bond acceptors (Lipinski definition) is 7. The summed E-state index contributed by atoms with van der Waals surface area (Å²) in [6, 6.07) is 37.0. The summed E-state index contributed by atoms with van der Waals surface area (Å²) in [6.07, 6.45) is 3.87. The molecule has 0 bridgehead atoms. The fourth-order valence-electron chi connectivity index (χ4n) is 5.99. The average Bonchev–Trinajstić information content (AvgIpc) is 3.44. The molecule has 0 radical (unpaired) electrons. The van der Waals surface area contributed by atoms with Gasteiger partial charge in [-0.05, 0) is 86.9 Å². The number of benzene rings is 5. The highest BCUT2D eigenvalue weighted by atomic mass is 79.9. The quantitative estimate of drug-likeness (QED) is 0.110. The summed E-state index contributed by atoms with van der Waals surface area (Å²) < 4.78 is 14.7. The van der Waals surface area contributed by atoms with E-state index in [1.165, 1.54) is 16.7 Å². The van der Waals surface area contributed by atoms with Crippen molar-refractivity contribution in [2.75, 3.05) is 12.9 Å². The van der Waals surface area contributed by atoms with Crippen molar-refractivity contribution in [1.82, 2.24) is 4.57 Å². The van der Waals surface area contributed by atoms with Crippen molar-refractivity contribution in [3.8, 4) is 5.75 Å². The highest BCUT2D eigenvalue weighted by molar-refractivity contribution is 9.10. The number of rotatable bonds is 9. The second kappa shape index (κ2) is 14.4. The van der Waals surface area contributed by atoms with Gasteiger partial charge in [-0.25, -0.2) is 9.79 Å². The van der Waals surface area contributed by atoms with E-state index in [1.807, 2.05) is 103 Å². The largest absolute Gasteiger partial charge is 0.488 e. The second-order valence-electron chi connectivity index (χ2n) is 11.3. The smallest absolute Gasteiger partial charge is 0.338 e. The predicted molar refractivity (Wildman–Crippen MR) is 202 cm³/mol. The van der Waals surface area contributed by atoms with Crippen LogP contribution in [0.15, 0.2) is 140 Å². The molecular weight excluding hydrogens is 716 g/mol. The number of hydrogen-bond donors (Lipinski definition) is 0. The van der Waals surface area contributed by atoms with Gasteiger partial charge in [0.15, 0.2) is 4.80 Å². The van der Waals surface area contributed by atoms with E-state index in [0.29, 0.717) is 33.0 Å². The number of carbonyl (C=O) groups is 1. The minimum Gasteiger partial charge on any atom is -0.488 e. The zero-order valence-electron chi connectivity index (χ0n) is 26.8. The molecule has 0 aliphatic carbocycles. The Balaban J connectivity index is 1.30. The molecule has 49 heavy (non-hydrogen) atoms. The first-order valence-corrected chi connectivity index (χ1v) is 18.6. The zero-order valence-corrected chi connectivity index (χ0v) is 30.0. The van der Waals surface area contributed by atoms with Crippen molar-refractivity contribution in [2.24, 2.45) is 4.99 Å². The lowest BCUT2D eigenvalue weighted by Gasteiger charge is -2.26. The molecule has 0 N–H and O–H groups in total. The number of esters is 1. The molecule has 1 aliphatic rings. The summed E-state index contributed by atoms with van der Waals surface area (Å²) in [6.45, 7) is 2.39. The lowest BCUT2D eigenvalue weighted by atomic mass is 9.93. The Morgan fingerprint density at radius 2 is 1.71 bits per heavy atom. The fraction of sp³-hybridized carbons (Fsp3) is 0.125. The first-order valence-electron chi connectivity index (χ1n) is 15.8. The maximum absolute atomic E-state index is 14.3. The zero-order chi connectivity index (χ0) is 33.9. The molecular formula is C40H31BrN2O4S2. The number of halogens is 1. The van der Waals surface area contributed by atoms with E-state index >= 15 is 0 Å². The maximum atomic E-state index is 14.3. The molecule has 1 atom stereocenters. The van der Waals surface area contributed by atoms with Gasteiger partial charge in [0.2, 0.25) is 0 Å². The summed E-state index contributed by atoms with van der Waals surface area (Å²) in [7, 11) is 0. The van der Waals surface area contributed by atoms with Crippen molar-refractivity contribution in [3.63, 3.8) is 0 Å². The Bertz CT molecular complexity index is 2390. The van der Waals surface area contributed by atoms with Gasteiger partial charge in [0, 0.05) is 10.5 Å². The summed E-state index contributed by atoms with van der Waals surface area (Å²) in [5, 5.41) is 2.33. The van der Waals surface area contributed by atoms with Gasteiger partial charge >= 0.3 is 5.97 Å².